The van der Waals surface area contributed by atoms with Gasteiger partial charge in [-0.1, -0.05) is 41.6 Å². The van der Waals surface area contributed by atoms with E-state index >= 15 is 0 Å². The molecule has 0 saturated carbocycles. The van der Waals surface area contributed by atoms with Crippen LogP contribution in [0.15, 0.2) is 70.3 Å². The highest BCUT2D eigenvalue weighted by Crippen LogP contribution is 2.38. The average Bonchev–Trinajstić information content (AvgIpc) is 3.44. The SMILES string of the molecule is CN(C)C(=O)c1ccc2c(c1)[C@@H](c1ccccc1)N(c1nc(C(=O)Nc3cnoc3)c(O)c(=O)n1C)CC2. The van der Waals surface area contributed by atoms with Crippen molar-refractivity contribution in [2.24, 2.45) is 7.05 Å². The fraction of sp³-hybridized carbons (Fsp3) is 0.222. The van der Waals surface area contributed by atoms with Gasteiger partial charge in [-0.3, -0.25) is 19.0 Å². The summed E-state index contributed by atoms with van der Waals surface area (Å²) in [6.07, 6.45) is 3.13. The molecule has 11 nitrogen and oxygen atoms in total. The van der Waals surface area contributed by atoms with Crippen molar-refractivity contribution < 1.29 is 19.2 Å². The Morgan fingerprint density at radius 3 is 2.61 bits per heavy atom. The predicted molar refractivity (Wildman–Crippen MR) is 139 cm³/mol. The van der Waals surface area contributed by atoms with Gasteiger partial charge in [0.05, 0.1) is 12.2 Å². The normalized spacial score (nSPS) is 14.6. The van der Waals surface area contributed by atoms with E-state index in [1.807, 2.05) is 53.4 Å². The van der Waals surface area contributed by atoms with Gasteiger partial charge in [-0.25, -0.2) is 4.98 Å². The maximum absolute atomic E-state index is 13.1. The topological polar surface area (TPSA) is 134 Å². The molecular weight excluding hydrogens is 488 g/mol. The second-order valence-corrected chi connectivity index (χ2v) is 9.21. The molecular formula is C27H26N6O5. The summed E-state index contributed by atoms with van der Waals surface area (Å²) >= 11 is 0. The lowest BCUT2D eigenvalue weighted by molar-refractivity contribution is 0.0827. The van der Waals surface area contributed by atoms with E-state index in [0.717, 1.165) is 16.7 Å². The third kappa shape index (κ3) is 4.38. The standard InChI is InChI=1S/C27H26N6O5/c1-31(2)25(36)18-10-9-16-11-12-33(22(20(16)13-18)17-7-5-4-6-8-17)27-30-21(23(34)26(37)32(27)3)24(35)29-19-14-28-38-15-19/h4-10,13-15,22,34H,11-12H2,1-3H3,(H,29,35)/t22-/m1/s1. The summed E-state index contributed by atoms with van der Waals surface area (Å²) in [6, 6.07) is 14.9. The van der Waals surface area contributed by atoms with Crippen LogP contribution < -0.4 is 15.8 Å². The number of nitrogens with zero attached hydrogens (tertiary/aromatic N) is 5. The van der Waals surface area contributed by atoms with Crippen LogP contribution >= 0.6 is 0 Å². The zero-order valence-electron chi connectivity index (χ0n) is 21.1. The van der Waals surface area contributed by atoms with Gasteiger partial charge < -0.3 is 24.7 Å². The Bertz CT molecular complexity index is 1560. The number of amides is 2. The van der Waals surface area contributed by atoms with Crippen LogP contribution in [0.3, 0.4) is 0 Å². The van der Waals surface area contributed by atoms with E-state index < -0.39 is 29.0 Å². The van der Waals surface area contributed by atoms with Crippen LogP contribution in [0.5, 0.6) is 5.75 Å². The fourth-order valence-electron chi connectivity index (χ4n) is 4.67. The lowest BCUT2D eigenvalue weighted by atomic mass is 9.87. The molecule has 0 spiro atoms. The molecule has 5 rings (SSSR count). The minimum atomic E-state index is -0.780. The Kier molecular flexibility index (Phi) is 6.41. The fourth-order valence-corrected chi connectivity index (χ4v) is 4.67. The number of rotatable bonds is 5. The summed E-state index contributed by atoms with van der Waals surface area (Å²) < 4.78 is 5.96. The molecule has 0 saturated heterocycles. The number of nitrogens with one attached hydrogen (secondary N) is 1. The molecule has 38 heavy (non-hydrogen) atoms. The molecule has 0 aliphatic carbocycles. The Labute approximate surface area is 217 Å². The number of fused-ring (bicyclic) bond motifs is 1. The molecule has 194 valence electrons. The quantitative estimate of drug-likeness (QED) is 0.415. The maximum Gasteiger partial charge on any atom is 0.297 e. The van der Waals surface area contributed by atoms with E-state index in [-0.39, 0.29) is 17.5 Å². The van der Waals surface area contributed by atoms with Crippen molar-refractivity contribution >= 4 is 23.5 Å². The summed E-state index contributed by atoms with van der Waals surface area (Å²) in [6.45, 7) is 0.477. The van der Waals surface area contributed by atoms with Crippen molar-refractivity contribution in [2.75, 3.05) is 30.9 Å². The summed E-state index contributed by atoms with van der Waals surface area (Å²) in [5, 5.41) is 16.6. The predicted octanol–water partition coefficient (Wildman–Crippen LogP) is 2.58. The molecule has 1 aliphatic rings. The molecule has 11 heteroatoms. The molecule has 2 aromatic heterocycles. The summed E-state index contributed by atoms with van der Waals surface area (Å²) in [7, 11) is 4.89. The number of aromatic hydroxyl groups is 1. The average molecular weight is 515 g/mol. The Hall–Kier alpha value is -4.93. The Balaban J connectivity index is 1.65. The van der Waals surface area contributed by atoms with Crippen LogP contribution in [0.25, 0.3) is 0 Å². The first-order valence-electron chi connectivity index (χ1n) is 11.9. The van der Waals surface area contributed by atoms with Crippen molar-refractivity contribution in [2.45, 2.75) is 12.5 Å². The minimum absolute atomic E-state index is 0.125. The first-order valence-corrected chi connectivity index (χ1v) is 11.9. The molecule has 1 atom stereocenters. The van der Waals surface area contributed by atoms with Crippen LogP contribution in [0.4, 0.5) is 11.6 Å². The van der Waals surface area contributed by atoms with Gasteiger partial charge in [-0.15, -0.1) is 0 Å². The first kappa shape index (κ1) is 24.8. The number of aromatic nitrogens is 3. The number of hydrogen-bond acceptors (Lipinski definition) is 8. The zero-order chi connectivity index (χ0) is 27.0. The van der Waals surface area contributed by atoms with Crippen molar-refractivity contribution in [3.8, 4) is 5.75 Å². The lowest BCUT2D eigenvalue weighted by Gasteiger charge is -2.39. The largest absolute Gasteiger partial charge is 0.501 e. The summed E-state index contributed by atoms with van der Waals surface area (Å²) in [5.74, 6) is -1.47. The van der Waals surface area contributed by atoms with Gasteiger partial charge in [0, 0.05) is 33.3 Å². The van der Waals surface area contributed by atoms with Crippen LogP contribution in [0.1, 0.15) is 43.6 Å². The van der Waals surface area contributed by atoms with Crippen molar-refractivity contribution in [3.05, 3.63) is 99.3 Å². The van der Waals surface area contributed by atoms with E-state index in [1.165, 1.54) is 29.0 Å². The highest BCUT2D eigenvalue weighted by molar-refractivity contribution is 6.04. The van der Waals surface area contributed by atoms with Crippen molar-refractivity contribution in [3.63, 3.8) is 0 Å². The number of carbonyl (C=O) groups excluding carboxylic acids is 2. The van der Waals surface area contributed by atoms with Gasteiger partial charge in [0.25, 0.3) is 17.4 Å². The number of benzene rings is 2. The number of carbonyl (C=O) groups is 2. The van der Waals surface area contributed by atoms with Crippen LogP contribution in [0, 0.1) is 0 Å². The Morgan fingerprint density at radius 2 is 1.92 bits per heavy atom. The molecule has 2 amide bonds. The van der Waals surface area contributed by atoms with Gasteiger partial charge in [-0.05, 0) is 35.2 Å². The molecule has 3 heterocycles. The van der Waals surface area contributed by atoms with Gasteiger partial charge in [-0.2, -0.15) is 0 Å². The third-order valence-corrected chi connectivity index (χ3v) is 6.55. The monoisotopic (exact) mass is 514 g/mol. The molecule has 4 aromatic rings. The van der Waals surface area contributed by atoms with E-state index in [2.05, 4.69) is 15.5 Å². The minimum Gasteiger partial charge on any atom is -0.501 e. The van der Waals surface area contributed by atoms with E-state index in [0.29, 0.717) is 18.5 Å². The van der Waals surface area contributed by atoms with Gasteiger partial charge in [0.1, 0.15) is 12.0 Å². The lowest BCUT2D eigenvalue weighted by Crippen LogP contribution is -2.41. The smallest absolute Gasteiger partial charge is 0.297 e. The van der Waals surface area contributed by atoms with Gasteiger partial charge in [0.15, 0.2) is 5.69 Å². The molecule has 0 bridgehead atoms. The second-order valence-electron chi connectivity index (χ2n) is 9.21. The molecule has 0 unspecified atom stereocenters. The van der Waals surface area contributed by atoms with Crippen LogP contribution in [-0.2, 0) is 13.5 Å². The highest BCUT2D eigenvalue weighted by atomic mass is 16.5. The molecule has 2 aromatic carbocycles. The van der Waals surface area contributed by atoms with Gasteiger partial charge >= 0.3 is 0 Å². The van der Waals surface area contributed by atoms with E-state index in [4.69, 9.17) is 4.52 Å². The summed E-state index contributed by atoms with van der Waals surface area (Å²) in [5.41, 5.74) is 2.50. The highest BCUT2D eigenvalue weighted by Gasteiger charge is 2.33. The number of hydrogen-bond donors (Lipinski definition) is 2. The maximum atomic E-state index is 13.1. The van der Waals surface area contributed by atoms with Crippen molar-refractivity contribution in [1.29, 1.82) is 0 Å². The molecule has 1 aliphatic heterocycles. The van der Waals surface area contributed by atoms with Crippen LogP contribution in [0.2, 0.25) is 0 Å². The van der Waals surface area contributed by atoms with Crippen LogP contribution in [-0.4, -0.2) is 57.2 Å². The van der Waals surface area contributed by atoms with Gasteiger partial charge in [0.2, 0.25) is 11.7 Å². The van der Waals surface area contributed by atoms with Crippen molar-refractivity contribution in [1.82, 2.24) is 19.6 Å². The first-order chi connectivity index (χ1) is 18.3. The second kappa shape index (κ2) is 9.85. The Morgan fingerprint density at radius 1 is 1.16 bits per heavy atom. The zero-order valence-corrected chi connectivity index (χ0v) is 21.1. The van der Waals surface area contributed by atoms with E-state index in [9.17, 15) is 19.5 Å². The summed E-state index contributed by atoms with van der Waals surface area (Å²) in [4.78, 5) is 46.7. The van der Waals surface area contributed by atoms with E-state index in [1.54, 1.807) is 14.1 Å². The molecule has 2 N–H and O–H groups in total. The third-order valence-electron chi connectivity index (χ3n) is 6.55. The molecule has 0 radical (unpaired) electrons. The number of anilines is 2. The molecule has 0 fully saturated rings.